The van der Waals surface area contributed by atoms with Gasteiger partial charge in [0, 0.05) is 6.08 Å². The molecule has 120 valence electrons. The van der Waals surface area contributed by atoms with E-state index in [1.807, 2.05) is 36.4 Å². The van der Waals surface area contributed by atoms with E-state index in [1.54, 1.807) is 7.11 Å². The zero-order chi connectivity index (χ0) is 17.0. The zero-order valence-electron chi connectivity index (χ0n) is 14.0. The fourth-order valence-electron chi connectivity index (χ4n) is 2.38. The first-order valence-electron chi connectivity index (χ1n) is 7.51. The lowest BCUT2D eigenvalue weighted by Crippen LogP contribution is -2.10. The van der Waals surface area contributed by atoms with E-state index in [4.69, 9.17) is 4.74 Å². The van der Waals surface area contributed by atoms with Crippen LogP contribution in [0.5, 0.6) is 5.75 Å². The summed E-state index contributed by atoms with van der Waals surface area (Å²) in [5, 5.41) is 9.19. The first-order chi connectivity index (χ1) is 10.8. The van der Waals surface area contributed by atoms with Crippen LogP contribution in [-0.2, 0) is 10.2 Å². The Kier molecular flexibility index (Phi) is 4.89. The van der Waals surface area contributed by atoms with Gasteiger partial charge in [-0.25, -0.2) is 4.79 Å². The fraction of sp³-hybridized carbons (Fsp3) is 0.250. The molecule has 0 saturated carbocycles. The maximum Gasteiger partial charge on any atom is 0.328 e. The maximum absolute atomic E-state index is 11.2. The molecule has 2 rings (SSSR count). The Morgan fingerprint density at radius 2 is 1.43 bits per heavy atom. The molecule has 0 aromatic heterocycles. The van der Waals surface area contributed by atoms with Gasteiger partial charge in [-0.15, -0.1) is 0 Å². The SMILES string of the molecule is COc1ccc(C(=CC(=O)O)c2ccc(C(C)(C)C)cc2)cc1. The highest BCUT2D eigenvalue weighted by atomic mass is 16.5. The van der Waals surface area contributed by atoms with Crippen LogP contribution in [0.3, 0.4) is 0 Å². The van der Waals surface area contributed by atoms with Gasteiger partial charge in [0.25, 0.3) is 0 Å². The van der Waals surface area contributed by atoms with E-state index in [0.717, 1.165) is 16.9 Å². The maximum atomic E-state index is 11.2. The van der Waals surface area contributed by atoms with Gasteiger partial charge in [0.15, 0.2) is 0 Å². The Morgan fingerprint density at radius 3 is 1.83 bits per heavy atom. The summed E-state index contributed by atoms with van der Waals surface area (Å²) >= 11 is 0. The molecule has 1 N–H and O–H groups in total. The normalized spacial score (nSPS) is 12.1. The highest BCUT2D eigenvalue weighted by Crippen LogP contribution is 2.28. The summed E-state index contributed by atoms with van der Waals surface area (Å²) in [5.41, 5.74) is 3.68. The fourth-order valence-corrected chi connectivity index (χ4v) is 2.38. The molecule has 0 aliphatic carbocycles. The summed E-state index contributed by atoms with van der Waals surface area (Å²) in [5.74, 6) is -0.220. The summed E-state index contributed by atoms with van der Waals surface area (Å²) in [6.45, 7) is 6.46. The quantitative estimate of drug-likeness (QED) is 0.845. The Morgan fingerprint density at radius 1 is 0.957 bits per heavy atom. The minimum absolute atomic E-state index is 0.0648. The molecule has 3 nitrogen and oxygen atoms in total. The lowest BCUT2D eigenvalue weighted by atomic mass is 9.85. The number of hydrogen-bond acceptors (Lipinski definition) is 2. The van der Waals surface area contributed by atoms with Crippen molar-refractivity contribution in [2.45, 2.75) is 26.2 Å². The number of hydrogen-bond donors (Lipinski definition) is 1. The summed E-state index contributed by atoms with van der Waals surface area (Å²) in [7, 11) is 1.61. The van der Waals surface area contributed by atoms with Gasteiger partial charge in [0.1, 0.15) is 5.75 Å². The lowest BCUT2D eigenvalue weighted by molar-refractivity contribution is -0.131. The number of rotatable bonds is 4. The third kappa shape index (κ3) is 4.22. The van der Waals surface area contributed by atoms with Gasteiger partial charge in [-0.05, 0) is 39.8 Å². The van der Waals surface area contributed by atoms with Crippen LogP contribution in [-0.4, -0.2) is 18.2 Å². The average Bonchev–Trinajstić information content (AvgIpc) is 2.52. The smallest absolute Gasteiger partial charge is 0.328 e. The Balaban J connectivity index is 2.45. The standard InChI is InChI=1S/C20H22O3/c1-20(2,3)16-9-5-14(6-10-16)18(13-19(21)22)15-7-11-17(23-4)12-8-15/h5-13H,1-4H3,(H,21,22). The van der Waals surface area contributed by atoms with Gasteiger partial charge >= 0.3 is 5.97 Å². The first-order valence-corrected chi connectivity index (χ1v) is 7.51. The molecule has 0 fully saturated rings. The number of carboxylic acid groups (broad SMARTS) is 1. The van der Waals surface area contributed by atoms with Gasteiger partial charge < -0.3 is 9.84 Å². The van der Waals surface area contributed by atoms with Gasteiger partial charge in [0.2, 0.25) is 0 Å². The molecular formula is C20H22O3. The van der Waals surface area contributed by atoms with Crippen LogP contribution in [0.15, 0.2) is 54.6 Å². The van der Waals surface area contributed by atoms with Crippen LogP contribution in [0.25, 0.3) is 5.57 Å². The van der Waals surface area contributed by atoms with Crippen LogP contribution < -0.4 is 4.74 Å². The summed E-state index contributed by atoms with van der Waals surface area (Å²) in [6.07, 6.45) is 1.24. The van der Waals surface area contributed by atoms with Crippen molar-refractivity contribution in [1.82, 2.24) is 0 Å². The van der Waals surface area contributed by atoms with E-state index in [-0.39, 0.29) is 5.41 Å². The predicted molar refractivity (Wildman–Crippen MR) is 92.9 cm³/mol. The molecule has 0 atom stereocenters. The van der Waals surface area contributed by atoms with Crippen molar-refractivity contribution in [2.75, 3.05) is 7.11 Å². The molecule has 2 aromatic carbocycles. The molecule has 2 aromatic rings. The third-order valence-corrected chi connectivity index (χ3v) is 3.73. The van der Waals surface area contributed by atoms with Crippen molar-refractivity contribution in [3.05, 3.63) is 71.3 Å². The van der Waals surface area contributed by atoms with Crippen molar-refractivity contribution in [1.29, 1.82) is 0 Å². The molecule has 0 saturated heterocycles. The van der Waals surface area contributed by atoms with Crippen molar-refractivity contribution in [2.24, 2.45) is 0 Å². The summed E-state index contributed by atoms with van der Waals surface area (Å²) < 4.78 is 5.15. The highest BCUT2D eigenvalue weighted by molar-refractivity contribution is 5.95. The summed E-state index contributed by atoms with van der Waals surface area (Å²) in [4.78, 5) is 11.2. The number of benzene rings is 2. The van der Waals surface area contributed by atoms with Crippen molar-refractivity contribution < 1.29 is 14.6 Å². The number of carboxylic acids is 1. The second-order valence-corrected chi connectivity index (χ2v) is 6.45. The number of ether oxygens (including phenoxy) is 1. The van der Waals surface area contributed by atoms with E-state index in [2.05, 4.69) is 32.9 Å². The topological polar surface area (TPSA) is 46.5 Å². The predicted octanol–water partition coefficient (Wildman–Crippen LogP) is 4.51. The number of carbonyl (C=O) groups is 1. The summed E-state index contributed by atoms with van der Waals surface area (Å²) in [6, 6.07) is 15.4. The second-order valence-electron chi connectivity index (χ2n) is 6.45. The molecule has 0 aliphatic heterocycles. The molecule has 0 unspecified atom stereocenters. The molecule has 0 bridgehead atoms. The van der Waals surface area contributed by atoms with E-state index in [1.165, 1.54) is 11.6 Å². The van der Waals surface area contributed by atoms with E-state index >= 15 is 0 Å². The monoisotopic (exact) mass is 310 g/mol. The van der Waals surface area contributed by atoms with E-state index in [0.29, 0.717) is 5.57 Å². The van der Waals surface area contributed by atoms with E-state index in [9.17, 15) is 9.90 Å². The van der Waals surface area contributed by atoms with Gasteiger partial charge in [-0.2, -0.15) is 0 Å². The molecule has 23 heavy (non-hydrogen) atoms. The number of methoxy groups -OCH3 is 1. The highest BCUT2D eigenvalue weighted by Gasteiger charge is 2.14. The minimum atomic E-state index is -0.962. The molecule has 3 heteroatoms. The molecule has 0 aliphatic rings. The van der Waals surface area contributed by atoms with Crippen molar-refractivity contribution in [3.63, 3.8) is 0 Å². The molecular weight excluding hydrogens is 288 g/mol. The molecule has 0 heterocycles. The molecule has 0 radical (unpaired) electrons. The number of aliphatic carboxylic acids is 1. The van der Waals surface area contributed by atoms with Gasteiger partial charge in [-0.3, -0.25) is 0 Å². The third-order valence-electron chi connectivity index (χ3n) is 3.73. The lowest BCUT2D eigenvalue weighted by Gasteiger charge is -2.19. The van der Waals surface area contributed by atoms with Crippen LogP contribution in [0, 0.1) is 0 Å². The Bertz CT molecular complexity index is 702. The van der Waals surface area contributed by atoms with Crippen LogP contribution in [0.2, 0.25) is 0 Å². The van der Waals surface area contributed by atoms with Crippen LogP contribution in [0.4, 0.5) is 0 Å². The van der Waals surface area contributed by atoms with Crippen molar-refractivity contribution >= 4 is 11.5 Å². The van der Waals surface area contributed by atoms with Gasteiger partial charge in [0.05, 0.1) is 7.11 Å². The first kappa shape index (κ1) is 16.8. The largest absolute Gasteiger partial charge is 0.497 e. The van der Waals surface area contributed by atoms with Crippen LogP contribution >= 0.6 is 0 Å². The Labute approximate surface area is 137 Å². The minimum Gasteiger partial charge on any atom is -0.497 e. The Hall–Kier alpha value is -2.55. The molecule has 0 spiro atoms. The van der Waals surface area contributed by atoms with Crippen LogP contribution in [0.1, 0.15) is 37.5 Å². The van der Waals surface area contributed by atoms with E-state index < -0.39 is 5.97 Å². The second kappa shape index (κ2) is 6.69. The molecule has 0 amide bonds. The van der Waals surface area contributed by atoms with Gasteiger partial charge in [-0.1, -0.05) is 57.2 Å². The zero-order valence-corrected chi connectivity index (χ0v) is 14.0. The average molecular weight is 310 g/mol. The van der Waals surface area contributed by atoms with Crippen molar-refractivity contribution in [3.8, 4) is 5.75 Å².